The van der Waals surface area contributed by atoms with Crippen LogP contribution in [0.5, 0.6) is 0 Å². The van der Waals surface area contributed by atoms with Crippen molar-refractivity contribution >= 4 is 21.6 Å². The lowest BCUT2D eigenvalue weighted by molar-refractivity contribution is -0.116. The number of carbonyl (C=O) groups is 1. The van der Waals surface area contributed by atoms with Crippen molar-refractivity contribution in [3.8, 4) is 0 Å². The van der Waals surface area contributed by atoms with Crippen molar-refractivity contribution in [3.05, 3.63) is 36.4 Å². The summed E-state index contributed by atoms with van der Waals surface area (Å²) in [6.45, 7) is 1.15. The summed E-state index contributed by atoms with van der Waals surface area (Å²) < 4.78 is 27.3. The number of rotatable bonds is 5. The first-order valence-electron chi connectivity index (χ1n) is 9.12. The van der Waals surface area contributed by atoms with E-state index in [4.69, 9.17) is 0 Å². The van der Waals surface area contributed by atoms with Crippen LogP contribution in [-0.2, 0) is 14.8 Å². The smallest absolute Gasteiger partial charge is 0.243 e. The van der Waals surface area contributed by atoms with Gasteiger partial charge in [0.15, 0.2) is 0 Å². The zero-order valence-electron chi connectivity index (χ0n) is 14.5. The average Bonchev–Trinajstić information content (AvgIpc) is 2.93. The minimum atomic E-state index is -3.50. The predicted molar refractivity (Wildman–Crippen MR) is 98.8 cm³/mol. The highest BCUT2D eigenvalue weighted by Crippen LogP contribution is 2.24. The van der Waals surface area contributed by atoms with Crippen LogP contribution in [-0.4, -0.2) is 31.7 Å². The lowest BCUT2D eigenvalue weighted by atomic mass is 10.1. The summed E-state index contributed by atoms with van der Waals surface area (Å²) in [6.07, 6.45) is 10.6. The standard InChI is InChI=1S/C19H26N2O3S/c22-19(14-16-8-3-4-9-16)20-17-10-7-11-18(15-17)25(23,24)21-12-5-1-2-6-13-21/h3,7-8,10-11,15-16H,1-2,4-6,9,12-14H2,(H,20,22)/t16-/m0/s1. The molecule has 0 unspecified atom stereocenters. The molecule has 0 saturated carbocycles. The van der Waals surface area contributed by atoms with Crippen LogP contribution in [0.3, 0.4) is 0 Å². The van der Waals surface area contributed by atoms with E-state index in [9.17, 15) is 13.2 Å². The Morgan fingerprint density at radius 1 is 1.16 bits per heavy atom. The van der Waals surface area contributed by atoms with Crippen LogP contribution in [0, 0.1) is 5.92 Å². The van der Waals surface area contributed by atoms with Crippen molar-refractivity contribution in [2.24, 2.45) is 5.92 Å². The second kappa shape index (κ2) is 8.15. The van der Waals surface area contributed by atoms with Gasteiger partial charge in [-0.1, -0.05) is 31.1 Å². The normalized spacial score (nSPS) is 21.8. The summed E-state index contributed by atoms with van der Waals surface area (Å²) in [5, 5.41) is 2.84. The number of nitrogens with one attached hydrogen (secondary N) is 1. The Labute approximate surface area is 150 Å². The SMILES string of the molecule is O=C(C[C@H]1C=CCC1)Nc1cccc(S(=O)(=O)N2CCCCCC2)c1. The van der Waals surface area contributed by atoms with Gasteiger partial charge in [-0.2, -0.15) is 4.31 Å². The van der Waals surface area contributed by atoms with Gasteiger partial charge in [-0.05, 0) is 49.8 Å². The molecule has 1 aliphatic heterocycles. The molecule has 1 heterocycles. The first-order chi connectivity index (χ1) is 12.1. The van der Waals surface area contributed by atoms with Crippen LogP contribution in [0.4, 0.5) is 5.69 Å². The van der Waals surface area contributed by atoms with Gasteiger partial charge < -0.3 is 5.32 Å². The summed E-state index contributed by atoms with van der Waals surface area (Å²) in [6, 6.07) is 6.61. The molecule has 1 saturated heterocycles. The Morgan fingerprint density at radius 2 is 1.92 bits per heavy atom. The van der Waals surface area contributed by atoms with Gasteiger partial charge in [0, 0.05) is 25.2 Å². The van der Waals surface area contributed by atoms with E-state index in [1.54, 1.807) is 28.6 Å². The van der Waals surface area contributed by atoms with E-state index in [0.29, 0.717) is 31.1 Å². The number of anilines is 1. The Balaban J connectivity index is 1.69. The molecule has 5 nitrogen and oxygen atoms in total. The maximum absolute atomic E-state index is 12.9. The van der Waals surface area contributed by atoms with Gasteiger partial charge in [-0.3, -0.25) is 4.79 Å². The summed E-state index contributed by atoms with van der Waals surface area (Å²) in [5.41, 5.74) is 0.544. The third-order valence-electron chi connectivity index (χ3n) is 4.88. The Bertz CT molecular complexity index is 735. The number of allylic oxidation sites excluding steroid dienone is 2. The fourth-order valence-corrected chi connectivity index (χ4v) is 5.04. The molecule has 1 aromatic carbocycles. The number of nitrogens with zero attached hydrogens (tertiary/aromatic N) is 1. The van der Waals surface area contributed by atoms with Crippen molar-refractivity contribution in [1.82, 2.24) is 4.31 Å². The predicted octanol–water partition coefficient (Wildman–Crippen LogP) is 3.55. The molecular weight excluding hydrogens is 336 g/mol. The van der Waals surface area contributed by atoms with Crippen LogP contribution >= 0.6 is 0 Å². The number of hydrogen-bond donors (Lipinski definition) is 1. The van der Waals surface area contributed by atoms with E-state index in [2.05, 4.69) is 17.5 Å². The Kier molecular flexibility index (Phi) is 5.91. The molecule has 0 aromatic heterocycles. The number of amides is 1. The van der Waals surface area contributed by atoms with Gasteiger partial charge in [0.25, 0.3) is 0 Å². The number of benzene rings is 1. The van der Waals surface area contributed by atoms with Crippen LogP contribution in [0.25, 0.3) is 0 Å². The molecule has 6 heteroatoms. The second-order valence-corrected chi connectivity index (χ2v) is 8.80. The number of carbonyl (C=O) groups excluding carboxylic acids is 1. The monoisotopic (exact) mass is 362 g/mol. The third-order valence-corrected chi connectivity index (χ3v) is 6.78. The van der Waals surface area contributed by atoms with Crippen molar-refractivity contribution < 1.29 is 13.2 Å². The Hall–Kier alpha value is -1.66. The highest BCUT2D eigenvalue weighted by Gasteiger charge is 2.25. The van der Waals surface area contributed by atoms with Crippen LogP contribution in [0.1, 0.15) is 44.9 Å². The molecule has 25 heavy (non-hydrogen) atoms. The van der Waals surface area contributed by atoms with Crippen molar-refractivity contribution in [2.75, 3.05) is 18.4 Å². The molecule has 1 N–H and O–H groups in total. The molecular formula is C19H26N2O3S. The van der Waals surface area contributed by atoms with E-state index >= 15 is 0 Å². The maximum atomic E-state index is 12.9. The van der Waals surface area contributed by atoms with Gasteiger partial charge >= 0.3 is 0 Å². The molecule has 0 spiro atoms. The molecule has 0 bridgehead atoms. The number of hydrogen-bond acceptors (Lipinski definition) is 3. The largest absolute Gasteiger partial charge is 0.326 e. The zero-order chi connectivity index (χ0) is 17.7. The molecule has 1 fully saturated rings. The van der Waals surface area contributed by atoms with Crippen LogP contribution in [0.2, 0.25) is 0 Å². The molecule has 1 aromatic rings. The van der Waals surface area contributed by atoms with Crippen molar-refractivity contribution in [2.45, 2.75) is 49.8 Å². The summed E-state index contributed by atoms with van der Waals surface area (Å²) in [5.74, 6) is 0.227. The second-order valence-electron chi connectivity index (χ2n) is 6.86. The molecule has 1 aliphatic carbocycles. The molecule has 1 atom stereocenters. The van der Waals surface area contributed by atoms with E-state index < -0.39 is 10.0 Å². The summed E-state index contributed by atoms with van der Waals surface area (Å²) in [4.78, 5) is 12.4. The van der Waals surface area contributed by atoms with E-state index in [1.165, 1.54) is 0 Å². The minimum absolute atomic E-state index is 0.0686. The fraction of sp³-hybridized carbons (Fsp3) is 0.526. The fourth-order valence-electron chi connectivity index (χ4n) is 3.48. The van der Waals surface area contributed by atoms with Crippen LogP contribution in [0.15, 0.2) is 41.3 Å². The molecule has 1 amide bonds. The molecule has 2 aliphatic rings. The van der Waals surface area contributed by atoms with E-state index in [1.807, 2.05) is 0 Å². The highest BCUT2D eigenvalue weighted by atomic mass is 32.2. The van der Waals surface area contributed by atoms with E-state index in [0.717, 1.165) is 38.5 Å². The quantitative estimate of drug-likeness (QED) is 0.815. The molecule has 3 rings (SSSR count). The molecule has 0 radical (unpaired) electrons. The third kappa shape index (κ3) is 4.70. The Morgan fingerprint density at radius 3 is 2.60 bits per heavy atom. The van der Waals surface area contributed by atoms with Crippen molar-refractivity contribution in [1.29, 1.82) is 0 Å². The van der Waals surface area contributed by atoms with Crippen molar-refractivity contribution in [3.63, 3.8) is 0 Å². The lowest BCUT2D eigenvalue weighted by Gasteiger charge is -2.20. The summed E-state index contributed by atoms with van der Waals surface area (Å²) >= 11 is 0. The lowest BCUT2D eigenvalue weighted by Crippen LogP contribution is -2.32. The number of sulfonamides is 1. The maximum Gasteiger partial charge on any atom is 0.243 e. The van der Waals surface area contributed by atoms with Crippen LogP contribution < -0.4 is 5.32 Å². The summed E-state index contributed by atoms with van der Waals surface area (Å²) in [7, 11) is -3.50. The topological polar surface area (TPSA) is 66.5 Å². The van der Waals surface area contributed by atoms with Gasteiger partial charge in [0.2, 0.25) is 15.9 Å². The highest BCUT2D eigenvalue weighted by molar-refractivity contribution is 7.89. The van der Waals surface area contributed by atoms with Gasteiger partial charge in [-0.25, -0.2) is 8.42 Å². The van der Waals surface area contributed by atoms with Gasteiger partial charge in [0.1, 0.15) is 0 Å². The molecule has 136 valence electrons. The minimum Gasteiger partial charge on any atom is -0.326 e. The zero-order valence-corrected chi connectivity index (χ0v) is 15.3. The van der Waals surface area contributed by atoms with Gasteiger partial charge in [-0.15, -0.1) is 0 Å². The first kappa shape index (κ1) is 18.1. The average molecular weight is 362 g/mol. The van der Waals surface area contributed by atoms with Gasteiger partial charge in [0.05, 0.1) is 4.90 Å². The van der Waals surface area contributed by atoms with E-state index in [-0.39, 0.29) is 10.8 Å². The first-order valence-corrected chi connectivity index (χ1v) is 10.6.